The van der Waals surface area contributed by atoms with Crippen LogP contribution >= 0.6 is 11.3 Å². The minimum Gasteiger partial charge on any atom is -0.383 e. The van der Waals surface area contributed by atoms with Gasteiger partial charge in [-0.25, -0.2) is 4.39 Å². The molecule has 0 bridgehead atoms. The fourth-order valence-corrected chi connectivity index (χ4v) is 3.76. The van der Waals surface area contributed by atoms with Crippen molar-refractivity contribution in [2.75, 3.05) is 13.7 Å². The van der Waals surface area contributed by atoms with Crippen LogP contribution in [0.5, 0.6) is 0 Å². The zero-order valence-electron chi connectivity index (χ0n) is 14.3. The minimum atomic E-state index is -0.336. The van der Waals surface area contributed by atoms with E-state index in [0.717, 1.165) is 16.1 Å². The largest absolute Gasteiger partial charge is 0.383 e. The molecule has 2 heterocycles. The van der Waals surface area contributed by atoms with Gasteiger partial charge in [-0.15, -0.1) is 0 Å². The van der Waals surface area contributed by atoms with Crippen molar-refractivity contribution in [1.29, 1.82) is 0 Å². The van der Waals surface area contributed by atoms with Gasteiger partial charge in [0.25, 0.3) is 5.91 Å². The van der Waals surface area contributed by atoms with Crippen LogP contribution in [0.3, 0.4) is 0 Å². The molecule has 0 aliphatic carbocycles. The lowest BCUT2D eigenvalue weighted by atomic mass is 10.3. The third kappa shape index (κ3) is 3.69. The maximum atomic E-state index is 14.2. The van der Waals surface area contributed by atoms with Gasteiger partial charge in [-0.05, 0) is 32.0 Å². The molecule has 8 heteroatoms. The molecule has 0 saturated heterocycles. The van der Waals surface area contributed by atoms with E-state index in [9.17, 15) is 9.18 Å². The molecule has 0 atom stereocenters. The molecule has 3 rings (SSSR count). The summed E-state index contributed by atoms with van der Waals surface area (Å²) in [4.78, 5) is 17.0. The molecule has 1 amide bonds. The summed E-state index contributed by atoms with van der Waals surface area (Å²) in [7, 11) is 1.58. The Morgan fingerprint density at radius 1 is 1.40 bits per heavy atom. The van der Waals surface area contributed by atoms with E-state index in [1.165, 1.54) is 17.4 Å². The van der Waals surface area contributed by atoms with E-state index >= 15 is 0 Å². The van der Waals surface area contributed by atoms with Crippen molar-refractivity contribution < 1.29 is 13.9 Å². The van der Waals surface area contributed by atoms with Gasteiger partial charge in [-0.2, -0.15) is 10.1 Å². The number of thiazole rings is 1. The molecule has 0 aliphatic rings. The summed E-state index contributed by atoms with van der Waals surface area (Å²) < 4.78 is 23.4. The van der Waals surface area contributed by atoms with E-state index in [0.29, 0.717) is 23.5 Å². The van der Waals surface area contributed by atoms with Gasteiger partial charge in [0, 0.05) is 19.3 Å². The van der Waals surface area contributed by atoms with Crippen molar-refractivity contribution in [2.24, 2.45) is 4.99 Å². The highest BCUT2D eigenvalue weighted by Gasteiger charge is 2.12. The molecular formula is C17H19FN4O2S. The van der Waals surface area contributed by atoms with Gasteiger partial charge in [-0.1, -0.05) is 17.4 Å². The predicted molar refractivity (Wildman–Crippen MR) is 93.9 cm³/mol. The van der Waals surface area contributed by atoms with Crippen molar-refractivity contribution in [1.82, 2.24) is 14.3 Å². The Bertz CT molecular complexity index is 986. The molecule has 0 saturated carbocycles. The van der Waals surface area contributed by atoms with Crippen LogP contribution in [-0.4, -0.2) is 34.0 Å². The monoisotopic (exact) mass is 362 g/mol. The summed E-state index contributed by atoms with van der Waals surface area (Å²) in [6, 6.07) is 6.77. The van der Waals surface area contributed by atoms with Crippen LogP contribution in [-0.2, 0) is 22.6 Å². The highest BCUT2D eigenvalue weighted by atomic mass is 32.1. The topological polar surface area (TPSA) is 61.4 Å². The first-order chi connectivity index (χ1) is 12.0. The second-order valence-corrected chi connectivity index (χ2v) is 6.72. The number of carbonyl (C=O) groups excluding carboxylic acids is 1. The molecule has 0 aliphatic heterocycles. The Morgan fingerprint density at radius 3 is 2.88 bits per heavy atom. The normalized spacial score (nSPS) is 12.2. The number of benzene rings is 1. The number of fused-ring (bicyclic) bond motifs is 1. The van der Waals surface area contributed by atoms with E-state index in [4.69, 9.17) is 4.74 Å². The van der Waals surface area contributed by atoms with E-state index in [1.54, 1.807) is 22.4 Å². The first-order valence-corrected chi connectivity index (χ1v) is 8.66. The lowest BCUT2D eigenvalue weighted by molar-refractivity contribution is -0.118. The number of methoxy groups -OCH3 is 1. The lowest BCUT2D eigenvalue weighted by Gasteiger charge is -2.05. The molecule has 0 spiro atoms. The number of halogens is 1. The number of carbonyl (C=O) groups is 1. The Balaban J connectivity index is 2.01. The molecule has 3 aromatic rings. The molecule has 0 radical (unpaired) electrons. The van der Waals surface area contributed by atoms with Crippen LogP contribution in [0.25, 0.3) is 10.2 Å². The van der Waals surface area contributed by atoms with E-state index in [-0.39, 0.29) is 18.3 Å². The standard InChI is InChI=1S/C17H19FN4O2S/c1-11-9-12(2)22(20-11)10-15(23)19-17-21(7-8-24-3)16-13(18)5-4-6-14(16)25-17/h4-6,9H,7-8,10H2,1-3H3. The average molecular weight is 362 g/mol. The quantitative estimate of drug-likeness (QED) is 0.700. The third-order valence-corrected chi connectivity index (χ3v) is 4.82. The maximum Gasteiger partial charge on any atom is 0.270 e. The summed E-state index contributed by atoms with van der Waals surface area (Å²) in [5.41, 5.74) is 2.20. The molecule has 132 valence electrons. The van der Waals surface area contributed by atoms with Crippen LogP contribution < -0.4 is 4.80 Å². The van der Waals surface area contributed by atoms with Crippen molar-refractivity contribution in [3.8, 4) is 0 Å². The number of aromatic nitrogens is 3. The lowest BCUT2D eigenvalue weighted by Crippen LogP contribution is -2.21. The Labute approximate surface area is 148 Å². The fraction of sp³-hybridized carbons (Fsp3) is 0.353. The smallest absolute Gasteiger partial charge is 0.270 e. The zero-order chi connectivity index (χ0) is 18.0. The summed E-state index contributed by atoms with van der Waals surface area (Å²) >= 11 is 1.29. The van der Waals surface area contributed by atoms with Crippen LogP contribution in [0.4, 0.5) is 4.39 Å². The highest BCUT2D eigenvalue weighted by molar-refractivity contribution is 7.16. The summed E-state index contributed by atoms with van der Waals surface area (Å²) in [6.07, 6.45) is 0. The number of nitrogens with zero attached hydrogens (tertiary/aromatic N) is 4. The number of rotatable bonds is 5. The number of para-hydroxylation sites is 1. The molecule has 2 aromatic heterocycles. The number of aryl methyl sites for hydroxylation is 2. The average Bonchev–Trinajstić information content (AvgIpc) is 3.05. The van der Waals surface area contributed by atoms with Gasteiger partial charge < -0.3 is 9.30 Å². The van der Waals surface area contributed by atoms with Gasteiger partial charge in [0.15, 0.2) is 4.80 Å². The second-order valence-electron chi connectivity index (χ2n) is 5.71. The number of hydrogen-bond donors (Lipinski definition) is 0. The summed E-state index contributed by atoms with van der Waals surface area (Å²) in [5.74, 6) is -0.665. The highest BCUT2D eigenvalue weighted by Crippen LogP contribution is 2.20. The first-order valence-electron chi connectivity index (χ1n) is 7.85. The fourth-order valence-electron chi connectivity index (χ4n) is 2.67. The van der Waals surface area contributed by atoms with E-state index in [2.05, 4.69) is 10.1 Å². The second kappa shape index (κ2) is 7.28. The Morgan fingerprint density at radius 2 is 2.20 bits per heavy atom. The van der Waals surface area contributed by atoms with E-state index < -0.39 is 0 Å². The first kappa shape index (κ1) is 17.5. The van der Waals surface area contributed by atoms with Gasteiger partial charge in [-0.3, -0.25) is 9.48 Å². The van der Waals surface area contributed by atoms with Crippen LogP contribution in [0, 0.1) is 19.7 Å². The van der Waals surface area contributed by atoms with Crippen LogP contribution in [0.15, 0.2) is 29.3 Å². The van der Waals surface area contributed by atoms with Gasteiger partial charge >= 0.3 is 0 Å². The Kier molecular flexibility index (Phi) is 5.10. The van der Waals surface area contributed by atoms with Crippen molar-refractivity contribution >= 4 is 27.5 Å². The third-order valence-electron chi connectivity index (χ3n) is 3.78. The Hall–Kier alpha value is -2.32. The maximum absolute atomic E-state index is 14.2. The molecular weight excluding hydrogens is 343 g/mol. The zero-order valence-corrected chi connectivity index (χ0v) is 15.1. The molecule has 0 N–H and O–H groups in total. The molecule has 0 unspecified atom stereocenters. The molecule has 0 fully saturated rings. The SMILES string of the molecule is COCCn1c(=NC(=O)Cn2nc(C)cc2C)sc2cccc(F)c21. The van der Waals surface area contributed by atoms with Crippen LogP contribution in [0.1, 0.15) is 11.4 Å². The molecule has 6 nitrogen and oxygen atoms in total. The van der Waals surface area contributed by atoms with Crippen molar-refractivity contribution in [3.05, 3.63) is 46.3 Å². The molecule has 25 heavy (non-hydrogen) atoms. The molecule has 1 aromatic carbocycles. The predicted octanol–water partition coefficient (Wildman–Crippen LogP) is 2.43. The number of amides is 1. The number of hydrogen-bond acceptors (Lipinski definition) is 4. The van der Waals surface area contributed by atoms with E-state index in [1.807, 2.05) is 26.0 Å². The minimum absolute atomic E-state index is 0.0562. The number of ether oxygens (including phenoxy) is 1. The van der Waals surface area contributed by atoms with Crippen LogP contribution in [0.2, 0.25) is 0 Å². The van der Waals surface area contributed by atoms with Gasteiger partial charge in [0.1, 0.15) is 12.4 Å². The van der Waals surface area contributed by atoms with Crippen molar-refractivity contribution in [3.63, 3.8) is 0 Å². The summed E-state index contributed by atoms with van der Waals surface area (Å²) in [6.45, 7) is 4.64. The summed E-state index contributed by atoms with van der Waals surface area (Å²) in [5, 5.41) is 4.27. The van der Waals surface area contributed by atoms with Crippen molar-refractivity contribution in [2.45, 2.75) is 26.9 Å². The van der Waals surface area contributed by atoms with Gasteiger partial charge in [0.05, 0.1) is 22.5 Å². The van der Waals surface area contributed by atoms with Gasteiger partial charge in [0.2, 0.25) is 0 Å².